The van der Waals surface area contributed by atoms with Crippen molar-refractivity contribution >= 4 is 27.7 Å². The molecule has 2 amide bonds. The van der Waals surface area contributed by atoms with Gasteiger partial charge in [0, 0.05) is 36.2 Å². The number of piperazine rings is 1. The van der Waals surface area contributed by atoms with E-state index in [1.165, 1.54) is 6.07 Å². The third-order valence-electron chi connectivity index (χ3n) is 4.08. The second-order valence-electron chi connectivity index (χ2n) is 5.61. The van der Waals surface area contributed by atoms with Gasteiger partial charge in [-0.1, -0.05) is 28.1 Å². The Morgan fingerprint density at radius 2 is 1.38 bits per heavy atom. The Hall–Kier alpha value is -2.34. The molecule has 1 aliphatic heterocycles. The Morgan fingerprint density at radius 1 is 0.833 bits per heavy atom. The number of rotatable bonds is 2. The number of phenols is 1. The van der Waals surface area contributed by atoms with Crippen LogP contribution in [0, 0.1) is 0 Å². The third-order valence-corrected chi connectivity index (χ3v) is 4.61. The van der Waals surface area contributed by atoms with Crippen molar-refractivity contribution in [1.82, 2.24) is 9.80 Å². The Balaban J connectivity index is 1.63. The molecule has 2 aromatic rings. The van der Waals surface area contributed by atoms with Crippen LogP contribution in [0.3, 0.4) is 0 Å². The fraction of sp³-hybridized carbons (Fsp3) is 0.222. The number of nitrogens with zero attached hydrogens (tertiary/aromatic N) is 2. The maximum Gasteiger partial charge on any atom is 0.257 e. The van der Waals surface area contributed by atoms with Gasteiger partial charge in [0.2, 0.25) is 0 Å². The summed E-state index contributed by atoms with van der Waals surface area (Å²) in [6, 6.07) is 13.8. The molecule has 5 nitrogen and oxygen atoms in total. The predicted octanol–water partition coefficient (Wildman–Crippen LogP) is 2.75. The molecule has 1 aliphatic rings. The molecule has 1 heterocycles. The number of benzene rings is 2. The summed E-state index contributed by atoms with van der Waals surface area (Å²) in [6.45, 7) is 1.87. The van der Waals surface area contributed by atoms with Gasteiger partial charge >= 0.3 is 0 Å². The average Bonchev–Trinajstić information content (AvgIpc) is 2.62. The number of hydrogen-bond donors (Lipinski definition) is 1. The van der Waals surface area contributed by atoms with Crippen molar-refractivity contribution in [2.75, 3.05) is 26.2 Å². The lowest BCUT2D eigenvalue weighted by atomic mass is 10.1. The van der Waals surface area contributed by atoms with Crippen molar-refractivity contribution in [1.29, 1.82) is 0 Å². The SMILES string of the molecule is O=C(c1ccc(Br)cc1)N1CCN(C(=O)c2ccccc2O)CC1. The Kier molecular flexibility index (Phi) is 4.85. The first-order valence-electron chi connectivity index (χ1n) is 7.68. The Morgan fingerprint density at radius 3 is 1.96 bits per heavy atom. The minimum Gasteiger partial charge on any atom is -0.507 e. The number of aromatic hydroxyl groups is 1. The molecule has 1 fully saturated rings. The number of phenolic OH excluding ortho intramolecular Hbond substituents is 1. The van der Waals surface area contributed by atoms with Crippen LogP contribution < -0.4 is 0 Å². The quantitative estimate of drug-likeness (QED) is 0.860. The standard InChI is InChI=1S/C18H17BrN2O3/c19-14-7-5-13(6-8-14)17(23)20-9-11-21(12-10-20)18(24)15-3-1-2-4-16(15)22/h1-8,22H,9-12H2. The summed E-state index contributed by atoms with van der Waals surface area (Å²) in [5.74, 6) is -0.253. The molecular formula is C18H17BrN2O3. The second kappa shape index (κ2) is 7.05. The molecule has 0 aromatic heterocycles. The first-order chi connectivity index (χ1) is 11.6. The maximum absolute atomic E-state index is 12.5. The van der Waals surface area contributed by atoms with Gasteiger partial charge in [-0.25, -0.2) is 0 Å². The van der Waals surface area contributed by atoms with Crippen LogP contribution in [0.15, 0.2) is 53.0 Å². The fourth-order valence-corrected chi connectivity index (χ4v) is 2.98. The van der Waals surface area contributed by atoms with Gasteiger partial charge in [0.25, 0.3) is 11.8 Å². The Labute approximate surface area is 148 Å². The van der Waals surface area contributed by atoms with Crippen LogP contribution in [0.1, 0.15) is 20.7 Å². The topological polar surface area (TPSA) is 60.9 Å². The highest BCUT2D eigenvalue weighted by Gasteiger charge is 2.26. The van der Waals surface area contributed by atoms with Crippen LogP contribution in [0.2, 0.25) is 0 Å². The lowest BCUT2D eigenvalue weighted by Crippen LogP contribution is -2.50. The third kappa shape index (κ3) is 3.43. The van der Waals surface area contributed by atoms with Crippen LogP contribution in [0.25, 0.3) is 0 Å². The molecule has 0 unspecified atom stereocenters. The molecular weight excluding hydrogens is 372 g/mol. The molecule has 0 saturated carbocycles. The molecule has 0 radical (unpaired) electrons. The highest BCUT2D eigenvalue weighted by molar-refractivity contribution is 9.10. The minimum absolute atomic E-state index is 0.0177. The first-order valence-corrected chi connectivity index (χ1v) is 8.47. The van der Waals surface area contributed by atoms with E-state index in [1.807, 2.05) is 12.1 Å². The van der Waals surface area contributed by atoms with E-state index < -0.39 is 0 Å². The van der Waals surface area contributed by atoms with Gasteiger partial charge in [-0.15, -0.1) is 0 Å². The lowest BCUT2D eigenvalue weighted by Gasteiger charge is -2.35. The zero-order chi connectivity index (χ0) is 17.1. The van der Waals surface area contributed by atoms with E-state index in [0.717, 1.165) is 4.47 Å². The molecule has 0 spiro atoms. The van der Waals surface area contributed by atoms with Crippen molar-refractivity contribution in [3.05, 3.63) is 64.1 Å². The lowest BCUT2D eigenvalue weighted by molar-refractivity contribution is 0.0533. The smallest absolute Gasteiger partial charge is 0.257 e. The summed E-state index contributed by atoms with van der Waals surface area (Å²) in [5, 5.41) is 9.81. The monoisotopic (exact) mass is 388 g/mol. The van der Waals surface area contributed by atoms with E-state index in [2.05, 4.69) is 15.9 Å². The average molecular weight is 389 g/mol. The second-order valence-corrected chi connectivity index (χ2v) is 6.52. The summed E-state index contributed by atoms with van der Waals surface area (Å²) in [4.78, 5) is 28.4. The van der Waals surface area contributed by atoms with E-state index in [4.69, 9.17) is 0 Å². The highest BCUT2D eigenvalue weighted by atomic mass is 79.9. The van der Waals surface area contributed by atoms with E-state index in [1.54, 1.807) is 40.1 Å². The summed E-state index contributed by atoms with van der Waals surface area (Å²) in [6.07, 6.45) is 0. The molecule has 0 bridgehead atoms. The molecule has 3 rings (SSSR count). The van der Waals surface area contributed by atoms with Crippen molar-refractivity contribution < 1.29 is 14.7 Å². The molecule has 1 N–H and O–H groups in total. The van der Waals surface area contributed by atoms with Gasteiger partial charge in [0.05, 0.1) is 5.56 Å². The predicted molar refractivity (Wildman–Crippen MR) is 94.1 cm³/mol. The maximum atomic E-state index is 12.5. The van der Waals surface area contributed by atoms with Crippen LogP contribution in [-0.2, 0) is 0 Å². The highest BCUT2D eigenvalue weighted by Crippen LogP contribution is 2.19. The van der Waals surface area contributed by atoms with Crippen molar-refractivity contribution in [2.24, 2.45) is 0 Å². The van der Waals surface area contributed by atoms with Crippen LogP contribution >= 0.6 is 15.9 Å². The van der Waals surface area contributed by atoms with Crippen molar-refractivity contribution in [3.63, 3.8) is 0 Å². The van der Waals surface area contributed by atoms with Gasteiger partial charge < -0.3 is 14.9 Å². The molecule has 6 heteroatoms. The van der Waals surface area contributed by atoms with Crippen LogP contribution in [0.4, 0.5) is 0 Å². The van der Waals surface area contributed by atoms with Gasteiger partial charge in [-0.05, 0) is 36.4 Å². The Bertz CT molecular complexity index is 753. The number of amides is 2. The fourth-order valence-electron chi connectivity index (χ4n) is 2.71. The molecule has 24 heavy (non-hydrogen) atoms. The zero-order valence-corrected chi connectivity index (χ0v) is 14.6. The van der Waals surface area contributed by atoms with Gasteiger partial charge in [-0.3, -0.25) is 9.59 Å². The summed E-state index contributed by atoms with van der Waals surface area (Å²) in [5.41, 5.74) is 0.934. The van der Waals surface area contributed by atoms with E-state index in [-0.39, 0.29) is 17.6 Å². The van der Waals surface area contributed by atoms with Gasteiger partial charge in [-0.2, -0.15) is 0 Å². The van der Waals surface area contributed by atoms with Crippen molar-refractivity contribution in [3.8, 4) is 5.75 Å². The molecule has 0 aliphatic carbocycles. The summed E-state index contributed by atoms with van der Waals surface area (Å²) < 4.78 is 0.928. The normalized spacial score (nSPS) is 14.5. The minimum atomic E-state index is -0.205. The molecule has 0 atom stereocenters. The molecule has 2 aromatic carbocycles. The van der Waals surface area contributed by atoms with Crippen LogP contribution in [-0.4, -0.2) is 52.9 Å². The number of carbonyl (C=O) groups is 2. The summed E-state index contributed by atoms with van der Waals surface area (Å²) >= 11 is 3.35. The first kappa shape index (κ1) is 16.5. The van der Waals surface area contributed by atoms with Gasteiger partial charge in [0.15, 0.2) is 0 Å². The van der Waals surface area contributed by atoms with Gasteiger partial charge in [0.1, 0.15) is 5.75 Å². The number of para-hydroxylation sites is 1. The van der Waals surface area contributed by atoms with E-state index in [9.17, 15) is 14.7 Å². The zero-order valence-electron chi connectivity index (χ0n) is 13.0. The summed E-state index contributed by atoms with van der Waals surface area (Å²) in [7, 11) is 0. The largest absolute Gasteiger partial charge is 0.507 e. The number of hydrogen-bond acceptors (Lipinski definition) is 3. The van der Waals surface area contributed by atoms with Crippen molar-refractivity contribution in [2.45, 2.75) is 0 Å². The van der Waals surface area contributed by atoms with Crippen LogP contribution in [0.5, 0.6) is 5.75 Å². The van der Waals surface area contributed by atoms with E-state index >= 15 is 0 Å². The molecule has 1 saturated heterocycles. The van der Waals surface area contributed by atoms with E-state index in [0.29, 0.717) is 37.3 Å². The number of halogens is 1. The molecule has 124 valence electrons. The number of carbonyl (C=O) groups excluding carboxylic acids is 2.